The first-order chi connectivity index (χ1) is 19.1. The van der Waals surface area contributed by atoms with Gasteiger partial charge in [-0.15, -0.1) is 0 Å². The van der Waals surface area contributed by atoms with Crippen LogP contribution in [0.25, 0.3) is 11.1 Å². The quantitative estimate of drug-likeness (QED) is 0.268. The monoisotopic (exact) mass is 560 g/mol. The van der Waals surface area contributed by atoms with Crippen LogP contribution in [0, 0.1) is 24.2 Å². The van der Waals surface area contributed by atoms with Crippen molar-refractivity contribution in [1.29, 1.82) is 5.26 Å². The zero-order valence-corrected chi connectivity index (χ0v) is 23.2. The van der Waals surface area contributed by atoms with Gasteiger partial charge in [-0.2, -0.15) is 14.6 Å². The van der Waals surface area contributed by atoms with Crippen molar-refractivity contribution in [2.75, 3.05) is 0 Å². The molecule has 2 heterocycles. The highest BCUT2D eigenvalue weighted by Crippen LogP contribution is 2.34. The van der Waals surface area contributed by atoms with Crippen LogP contribution in [0.2, 0.25) is 0 Å². The maximum Gasteiger partial charge on any atom is 0.296 e. The predicted molar refractivity (Wildman–Crippen MR) is 148 cm³/mol. The molecule has 0 amide bonds. The number of aryl methyl sites for hydroxylation is 1. The lowest BCUT2D eigenvalue weighted by Gasteiger charge is -2.25. The summed E-state index contributed by atoms with van der Waals surface area (Å²) in [5.41, 5.74) is 1.59. The fraction of sp³-hybridized carbons (Fsp3) is 0.267. The number of nitrogens with zero attached hydrogens (tertiary/aromatic N) is 4. The van der Waals surface area contributed by atoms with Gasteiger partial charge in [0.1, 0.15) is 5.82 Å². The van der Waals surface area contributed by atoms with E-state index in [9.17, 15) is 28.0 Å². The van der Waals surface area contributed by atoms with E-state index >= 15 is 0 Å². The minimum absolute atomic E-state index is 0.211. The summed E-state index contributed by atoms with van der Waals surface area (Å²) in [6.07, 6.45) is 3.63. The highest BCUT2D eigenvalue weighted by molar-refractivity contribution is 7.91. The fourth-order valence-electron chi connectivity index (χ4n) is 4.72. The number of aromatic hydroxyl groups is 1. The second-order valence-electron chi connectivity index (χ2n) is 9.42. The van der Waals surface area contributed by atoms with E-state index in [2.05, 4.69) is 16.0 Å². The van der Waals surface area contributed by atoms with E-state index in [1.807, 2.05) is 13.8 Å². The molecule has 0 aliphatic carbocycles. The number of aromatic nitrogens is 3. The topological polar surface area (TPSA) is 126 Å². The molecular formula is C30H29FN4O4S. The molecule has 0 aliphatic heterocycles. The Hall–Kier alpha value is -4.36. The Labute approximate surface area is 232 Å². The van der Waals surface area contributed by atoms with Crippen LogP contribution in [-0.4, -0.2) is 28.1 Å². The number of nitriles is 1. The average Bonchev–Trinajstić information content (AvgIpc) is 2.95. The zero-order valence-electron chi connectivity index (χ0n) is 22.4. The summed E-state index contributed by atoms with van der Waals surface area (Å²) in [4.78, 5) is 19.9. The van der Waals surface area contributed by atoms with Gasteiger partial charge in [-0.3, -0.25) is 9.36 Å². The van der Waals surface area contributed by atoms with Gasteiger partial charge in [0.25, 0.3) is 5.56 Å². The molecule has 2 aromatic heterocycles. The SMILES string of the molecule is CCCCc1nc(=O)c(S(=O)(=O)c2ccc(-c3ccnc(F)c3C)cc2)c(O)n1[C@@H](CC)c1ccc(C#N)cc1. The smallest absolute Gasteiger partial charge is 0.296 e. The molecule has 0 saturated heterocycles. The minimum Gasteiger partial charge on any atom is -0.493 e. The minimum atomic E-state index is -4.49. The molecule has 40 heavy (non-hydrogen) atoms. The van der Waals surface area contributed by atoms with Crippen LogP contribution in [-0.2, 0) is 16.3 Å². The number of hydrogen-bond donors (Lipinski definition) is 1. The van der Waals surface area contributed by atoms with Crippen LogP contribution in [0.1, 0.15) is 61.7 Å². The third kappa shape index (κ3) is 5.38. The molecule has 10 heteroatoms. The van der Waals surface area contributed by atoms with Gasteiger partial charge in [-0.1, -0.05) is 44.5 Å². The fourth-order valence-corrected chi connectivity index (χ4v) is 6.07. The molecule has 206 valence electrons. The van der Waals surface area contributed by atoms with Crippen molar-refractivity contribution in [2.24, 2.45) is 0 Å². The molecule has 0 unspecified atom stereocenters. The standard InChI is InChI=1S/C30H29FN4O4S/c1-4-6-7-26-34-29(36)27(30(37)35(26)25(5-2)22-10-8-20(18-32)9-11-22)40(38,39)23-14-12-21(13-15-23)24-16-17-33-28(31)19(24)3/h8-17,25,37H,4-7H2,1-3H3/t25-/m0/s1. The molecule has 0 spiro atoms. The van der Waals surface area contributed by atoms with E-state index in [-0.39, 0.29) is 10.7 Å². The highest BCUT2D eigenvalue weighted by Gasteiger charge is 2.32. The number of sulfone groups is 1. The molecule has 0 radical (unpaired) electrons. The van der Waals surface area contributed by atoms with Crippen LogP contribution in [0.3, 0.4) is 0 Å². The van der Waals surface area contributed by atoms with Crippen LogP contribution < -0.4 is 5.56 Å². The summed E-state index contributed by atoms with van der Waals surface area (Å²) in [6, 6.07) is 15.6. The lowest BCUT2D eigenvalue weighted by molar-refractivity contribution is 0.358. The van der Waals surface area contributed by atoms with Crippen molar-refractivity contribution in [3.63, 3.8) is 0 Å². The van der Waals surface area contributed by atoms with Crippen molar-refractivity contribution in [3.8, 4) is 23.1 Å². The van der Waals surface area contributed by atoms with Crippen molar-refractivity contribution in [2.45, 2.75) is 62.3 Å². The van der Waals surface area contributed by atoms with E-state index in [1.54, 1.807) is 37.3 Å². The third-order valence-corrected chi connectivity index (χ3v) is 8.69. The van der Waals surface area contributed by atoms with Crippen molar-refractivity contribution in [3.05, 3.63) is 99.6 Å². The van der Waals surface area contributed by atoms with Gasteiger partial charge in [0.15, 0.2) is 4.90 Å². The van der Waals surface area contributed by atoms with Gasteiger partial charge >= 0.3 is 0 Å². The maximum atomic E-state index is 14.0. The van der Waals surface area contributed by atoms with Gasteiger partial charge in [-0.25, -0.2) is 13.4 Å². The Kier molecular flexibility index (Phi) is 8.45. The van der Waals surface area contributed by atoms with Gasteiger partial charge < -0.3 is 5.11 Å². The first-order valence-electron chi connectivity index (χ1n) is 12.9. The number of pyridine rings is 1. The molecule has 1 atom stereocenters. The molecule has 1 N–H and O–H groups in total. The largest absolute Gasteiger partial charge is 0.493 e. The van der Waals surface area contributed by atoms with Crippen molar-refractivity contribution >= 4 is 9.84 Å². The first kappa shape index (κ1) is 28.6. The van der Waals surface area contributed by atoms with Gasteiger partial charge in [-0.05, 0) is 66.8 Å². The maximum absolute atomic E-state index is 14.0. The predicted octanol–water partition coefficient (Wildman–Crippen LogP) is 5.50. The summed E-state index contributed by atoms with van der Waals surface area (Å²) in [5, 5.41) is 20.6. The molecule has 0 bridgehead atoms. The normalized spacial score (nSPS) is 12.2. The van der Waals surface area contributed by atoms with Crippen LogP contribution >= 0.6 is 0 Å². The average molecular weight is 561 g/mol. The molecule has 8 nitrogen and oxygen atoms in total. The number of halogens is 1. The molecule has 0 aliphatic rings. The molecule has 4 aromatic rings. The zero-order chi connectivity index (χ0) is 29.0. The lowest BCUT2D eigenvalue weighted by Crippen LogP contribution is -2.27. The van der Waals surface area contributed by atoms with Gasteiger partial charge in [0.05, 0.1) is 22.6 Å². The number of benzene rings is 2. The van der Waals surface area contributed by atoms with E-state index in [4.69, 9.17) is 0 Å². The summed E-state index contributed by atoms with van der Waals surface area (Å²) in [6.45, 7) is 5.43. The summed E-state index contributed by atoms with van der Waals surface area (Å²) in [7, 11) is -4.49. The number of hydrogen-bond acceptors (Lipinski definition) is 7. The van der Waals surface area contributed by atoms with Crippen LogP contribution in [0.15, 0.2) is 75.4 Å². The first-order valence-corrected chi connectivity index (χ1v) is 14.4. The van der Waals surface area contributed by atoms with Crippen LogP contribution in [0.4, 0.5) is 4.39 Å². The number of unbranched alkanes of at least 4 members (excludes halogenated alkanes) is 1. The Morgan fingerprint density at radius 2 is 1.75 bits per heavy atom. The second kappa shape index (κ2) is 11.8. The van der Waals surface area contributed by atoms with Crippen molar-refractivity contribution in [1.82, 2.24) is 14.5 Å². The third-order valence-electron chi connectivity index (χ3n) is 6.90. The second-order valence-corrected chi connectivity index (χ2v) is 11.3. The Bertz CT molecular complexity index is 1740. The van der Waals surface area contributed by atoms with E-state index < -0.39 is 38.2 Å². The van der Waals surface area contributed by atoms with E-state index in [0.29, 0.717) is 41.5 Å². The lowest BCUT2D eigenvalue weighted by atomic mass is 10.0. The molecule has 0 saturated carbocycles. The Balaban J connectivity index is 1.86. The summed E-state index contributed by atoms with van der Waals surface area (Å²) >= 11 is 0. The molecule has 2 aromatic carbocycles. The Morgan fingerprint density at radius 1 is 1.07 bits per heavy atom. The number of rotatable bonds is 9. The molecular weight excluding hydrogens is 531 g/mol. The highest BCUT2D eigenvalue weighted by atomic mass is 32.2. The van der Waals surface area contributed by atoms with E-state index in [0.717, 1.165) is 12.0 Å². The van der Waals surface area contributed by atoms with Crippen LogP contribution in [0.5, 0.6) is 5.88 Å². The van der Waals surface area contributed by atoms with Gasteiger partial charge in [0.2, 0.25) is 21.7 Å². The van der Waals surface area contributed by atoms with E-state index in [1.165, 1.54) is 35.0 Å². The summed E-state index contributed by atoms with van der Waals surface area (Å²) in [5.74, 6) is -1.02. The Morgan fingerprint density at radius 3 is 2.35 bits per heavy atom. The van der Waals surface area contributed by atoms with Gasteiger partial charge in [0, 0.05) is 18.2 Å². The molecule has 4 rings (SSSR count). The molecule has 0 fully saturated rings. The van der Waals surface area contributed by atoms with Crippen molar-refractivity contribution < 1.29 is 17.9 Å². The summed E-state index contributed by atoms with van der Waals surface area (Å²) < 4.78 is 42.8.